The van der Waals surface area contributed by atoms with Crippen molar-refractivity contribution in [2.75, 3.05) is 6.54 Å². The van der Waals surface area contributed by atoms with Gasteiger partial charge in [0.2, 0.25) is 0 Å². The number of carbonyl (C=O) groups excluding carboxylic acids is 1. The molecule has 2 aromatic carbocycles. The van der Waals surface area contributed by atoms with Crippen LogP contribution in [-0.2, 0) is 4.74 Å². The lowest BCUT2D eigenvalue weighted by molar-refractivity contribution is -0.384. The number of carbonyl (C=O) groups is 1. The van der Waals surface area contributed by atoms with Crippen molar-refractivity contribution in [1.29, 1.82) is 0 Å². The number of nitrogens with zero attached hydrogens (tertiary/aromatic N) is 1. The van der Waals surface area contributed by atoms with Gasteiger partial charge in [0.05, 0.1) is 10.5 Å². The Balaban J connectivity index is 0.00000243. The molecule has 138 valence electrons. The normalized spacial score (nSPS) is 18.8. The summed E-state index contributed by atoms with van der Waals surface area (Å²) in [4.78, 5) is 22.1. The standard InChI is InChI=1S/C17H14F2N2O4.ClH/c18-11-3-6-15(19)14(7-11)16-8-13(9-20-16)25-17(22)10-1-4-12(5-2-10)21(23)24;/h1-7,13,16,20H,8-9H2;1H/t13-,16-;/m0./s1. The van der Waals surface area contributed by atoms with Crippen LogP contribution < -0.4 is 5.32 Å². The number of halogens is 3. The van der Waals surface area contributed by atoms with Crippen molar-refractivity contribution in [2.45, 2.75) is 18.6 Å². The third kappa shape index (κ3) is 4.33. The van der Waals surface area contributed by atoms with Crippen LogP contribution in [0.15, 0.2) is 42.5 Å². The number of esters is 1. The molecule has 1 aliphatic rings. The second-order valence-electron chi connectivity index (χ2n) is 5.69. The molecule has 3 rings (SSSR count). The zero-order valence-corrected chi connectivity index (χ0v) is 14.2. The van der Waals surface area contributed by atoms with Crippen LogP contribution in [0.3, 0.4) is 0 Å². The molecule has 0 aliphatic carbocycles. The zero-order chi connectivity index (χ0) is 18.0. The first-order valence-electron chi connectivity index (χ1n) is 7.58. The molecule has 1 fully saturated rings. The molecule has 1 N–H and O–H groups in total. The maximum atomic E-state index is 13.8. The van der Waals surface area contributed by atoms with E-state index in [1.54, 1.807) is 0 Å². The van der Waals surface area contributed by atoms with E-state index < -0.39 is 34.7 Å². The minimum absolute atomic E-state index is 0. The van der Waals surface area contributed by atoms with E-state index in [4.69, 9.17) is 4.74 Å². The molecule has 1 aliphatic heterocycles. The van der Waals surface area contributed by atoms with Crippen molar-refractivity contribution in [3.05, 3.63) is 75.3 Å². The summed E-state index contributed by atoms with van der Waals surface area (Å²) in [5.41, 5.74) is 0.251. The van der Waals surface area contributed by atoms with Gasteiger partial charge in [-0.25, -0.2) is 13.6 Å². The summed E-state index contributed by atoms with van der Waals surface area (Å²) in [5.74, 6) is -1.69. The Kier molecular flexibility index (Phi) is 6.23. The molecule has 0 bridgehead atoms. The van der Waals surface area contributed by atoms with Gasteiger partial charge in [0.25, 0.3) is 5.69 Å². The van der Waals surface area contributed by atoms with E-state index in [1.807, 2.05) is 0 Å². The van der Waals surface area contributed by atoms with Gasteiger partial charge in [0, 0.05) is 36.7 Å². The van der Waals surface area contributed by atoms with E-state index in [0.717, 1.165) is 18.2 Å². The fourth-order valence-electron chi connectivity index (χ4n) is 2.75. The molecule has 1 saturated heterocycles. The highest BCUT2D eigenvalue weighted by molar-refractivity contribution is 5.89. The Hall–Kier alpha value is -2.58. The van der Waals surface area contributed by atoms with Crippen molar-refractivity contribution in [3.8, 4) is 0 Å². The summed E-state index contributed by atoms with van der Waals surface area (Å²) in [5, 5.41) is 13.6. The van der Waals surface area contributed by atoms with Crippen LogP contribution in [0.4, 0.5) is 14.5 Å². The molecule has 2 atom stereocenters. The van der Waals surface area contributed by atoms with Gasteiger partial charge >= 0.3 is 5.97 Å². The van der Waals surface area contributed by atoms with Gasteiger partial charge in [-0.1, -0.05) is 0 Å². The quantitative estimate of drug-likeness (QED) is 0.495. The largest absolute Gasteiger partial charge is 0.457 e. The highest BCUT2D eigenvalue weighted by Crippen LogP contribution is 2.28. The summed E-state index contributed by atoms with van der Waals surface area (Å²) in [6.45, 7) is 0.305. The highest BCUT2D eigenvalue weighted by Gasteiger charge is 2.30. The second kappa shape index (κ2) is 8.20. The van der Waals surface area contributed by atoms with E-state index in [0.29, 0.717) is 13.0 Å². The van der Waals surface area contributed by atoms with Crippen molar-refractivity contribution >= 4 is 24.1 Å². The molecular formula is C17H15ClF2N2O4. The van der Waals surface area contributed by atoms with Crippen molar-refractivity contribution in [2.24, 2.45) is 0 Å². The number of hydrogen-bond acceptors (Lipinski definition) is 5. The van der Waals surface area contributed by atoms with Gasteiger partial charge < -0.3 is 10.1 Å². The van der Waals surface area contributed by atoms with E-state index >= 15 is 0 Å². The van der Waals surface area contributed by atoms with Crippen LogP contribution in [0.25, 0.3) is 0 Å². The molecule has 0 aromatic heterocycles. The molecule has 0 radical (unpaired) electrons. The van der Waals surface area contributed by atoms with E-state index in [9.17, 15) is 23.7 Å². The molecule has 1 heterocycles. The summed E-state index contributed by atoms with van der Waals surface area (Å²) in [6, 6.07) is 7.82. The van der Waals surface area contributed by atoms with Crippen LogP contribution in [0.5, 0.6) is 0 Å². The lowest BCUT2D eigenvalue weighted by Crippen LogP contribution is -2.21. The number of nitro benzene ring substituents is 1. The maximum Gasteiger partial charge on any atom is 0.338 e. The molecule has 0 unspecified atom stereocenters. The topological polar surface area (TPSA) is 81.5 Å². The van der Waals surface area contributed by atoms with Crippen molar-refractivity contribution in [1.82, 2.24) is 5.32 Å². The number of benzene rings is 2. The number of hydrogen-bond donors (Lipinski definition) is 1. The maximum absolute atomic E-state index is 13.8. The van der Waals surface area contributed by atoms with Gasteiger partial charge in [0.15, 0.2) is 0 Å². The van der Waals surface area contributed by atoms with Crippen LogP contribution in [0.2, 0.25) is 0 Å². The van der Waals surface area contributed by atoms with Gasteiger partial charge in [-0.15, -0.1) is 12.4 Å². The fourth-order valence-corrected chi connectivity index (χ4v) is 2.75. The first kappa shape index (κ1) is 19.7. The number of ether oxygens (including phenoxy) is 1. The summed E-state index contributed by atoms with van der Waals surface area (Å²) < 4.78 is 32.4. The first-order valence-corrected chi connectivity index (χ1v) is 7.58. The lowest BCUT2D eigenvalue weighted by atomic mass is 10.0. The third-order valence-corrected chi connectivity index (χ3v) is 4.01. The molecule has 0 saturated carbocycles. The summed E-state index contributed by atoms with van der Waals surface area (Å²) in [6.07, 6.45) is -0.200. The fraction of sp³-hybridized carbons (Fsp3) is 0.235. The second-order valence-corrected chi connectivity index (χ2v) is 5.69. The smallest absolute Gasteiger partial charge is 0.338 e. The molecular weight excluding hydrogens is 370 g/mol. The monoisotopic (exact) mass is 384 g/mol. The number of nitro groups is 1. The number of nitrogens with one attached hydrogen (secondary N) is 1. The highest BCUT2D eigenvalue weighted by atomic mass is 35.5. The Bertz CT molecular complexity index is 817. The Labute approximate surface area is 153 Å². The molecule has 0 amide bonds. The van der Waals surface area contributed by atoms with Crippen LogP contribution >= 0.6 is 12.4 Å². The van der Waals surface area contributed by atoms with Gasteiger partial charge in [-0.2, -0.15) is 0 Å². The summed E-state index contributed by atoms with van der Waals surface area (Å²) in [7, 11) is 0. The van der Waals surface area contributed by atoms with Crippen LogP contribution in [0, 0.1) is 21.7 Å². The molecule has 26 heavy (non-hydrogen) atoms. The van der Waals surface area contributed by atoms with Crippen LogP contribution in [0.1, 0.15) is 28.4 Å². The average molecular weight is 385 g/mol. The number of rotatable bonds is 4. The van der Waals surface area contributed by atoms with Gasteiger partial charge in [0.1, 0.15) is 17.7 Å². The van der Waals surface area contributed by atoms with E-state index in [1.165, 1.54) is 24.3 Å². The van der Waals surface area contributed by atoms with Crippen LogP contribution in [-0.4, -0.2) is 23.5 Å². The average Bonchev–Trinajstić information content (AvgIpc) is 3.05. The Morgan fingerprint density at radius 3 is 2.54 bits per heavy atom. The molecule has 6 nitrogen and oxygen atoms in total. The van der Waals surface area contributed by atoms with Gasteiger partial charge in [-0.3, -0.25) is 10.1 Å². The van der Waals surface area contributed by atoms with E-state index in [-0.39, 0.29) is 29.2 Å². The Morgan fingerprint density at radius 2 is 1.88 bits per heavy atom. The lowest BCUT2D eigenvalue weighted by Gasteiger charge is -2.13. The minimum Gasteiger partial charge on any atom is -0.457 e. The van der Waals surface area contributed by atoms with Crippen molar-refractivity contribution in [3.63, 3.8) is 0 Å². The molecule has 2 aromatic rings. The van der Waals surface area contributed by atoms with Gasteiger partial charge in [-0.05, 0) is 30.3 Å². The Morgan fingerprint density at radius 1 is 1.19 bits per heavy atom. The van der Waals surface area contributed by atoms with E-state index in [2.05, 4.69) is 5.32 Å². The predicted octanol–water partition coefficient (Wildman–Crippen LogP) is 3.55. The predicted molar refractivity (Wildman–Crippen MR) is 91.3 cm³/mol. The zero-order valence-electron chi connectivity index (χ0n) is 13.4. The molecule has 0 spiro atoms. The first-order chi connectivity index (χ1) is 11.9. The summed E-state index contributed by atoms with van der Waals surface area (Å²) >= 11 is 0. The number of non-ortho nitro benzene ring substituents is 1. The molecule has 9 heteroatoms. The SMILES string of the molecule is Cl.O=C(O[C@@H]1CN[C@H](c2cc(F)ccc2F)C1)c1ccc([N+](=O)[O-])cc1. The van der Waals surface area contributed by atoms with Crippen molar-refractivity contribution < 1.29 is 23.2 Å². The third-order valence-electron chi connectivity index (χ3n) is 4.01. The minimum atomic E-state index is -0.623.